The highest BCUT2D eigenvalue weighted by molar-refractivity contribution is 7.09. The van der Waals surface area contributed by atoms with Gasteiger partial charge in [-0.1, -0.05) is 97.9 Å². The van der Waals surface area contributed by atoms with Gasteiger partial charge in [0.25, 0.3) is 0 Å². The smallest absolute Gasteiger partial charge is 0.226 e. The lowest BCUT2D eigenvalue weighted by Crippen LogP contribution is -2.78. The van der Waals surface area contributed by atoms with Crippen LogP contribution in [0.1, 0.15) is 6.92 Å². The van der Waals surface area contributed by atoms with Crippen LogP contribution in [0.5, 0.6) is 0 Å². The van der Waals surface area contributed by atoms with Gasteiger partial charge in [-0.15, -0.1) is 0 Å². The molecule has 0 aromatic heterocycles. The molecule has 1 aliphatic rings. The van der Waals surface area contributed by atoms with Gasteiger partial charge in [0.15, 0.2) is 6.40 Å². The first-order chi connectivity index (χ1) is 13.4. The Labute approximate surface area is 162 Å². The Morgan fingerprint density at radius 2 is 1.26 bits per heavy atom. The van der Waals surface area contributed by atoms with E-state index in [1.165, 1.54) is 15.6 Å². The number of nitrogens with zero attached hydrogens (tertiary/aromatic N) is 2. The van der Waals surface area contributed by atoms with E-state index in [-0.39, 0.29) is 6.17 Å². The minimum atomic E-state index is -2.48. The minimum absolute atomic E-state index is 0.0299. The molecule has 1 heterocycles. The minimum Gasteiger partial charge on any atom is -0.480 e. The molecule has 3 nitrogen and oxygen atoms in total. The SMILES string of the molecule is CCN(C1COC=N1)[Si](c1ccccc1)(c1ccccc1)c1ccccc1. The van der Waals surface area contributed by atoms with E-state index in [9.17, 15) is 0 Å². The summed E-state index contributed by atoms with van der Waals surface area (Å²) in [7, 11) is -2.48. The number of ether oxygens (including phenoxy) is 1. The molecule has 136 valence electrons. The first-order valence-electron chi connectivity index (χ1n) is 9.44. The molecular weight excluding hydrogens is 348 g/mol. The summed E-state index contributed by atoms with van der Waals surface area (Å²) in [6, 6.07) is 32.8. The fourth-order valence-corrected chi connectivity index (χ4v) is 9.24. The quantitative estimate of drug-likeness (QED) is 0.490. The molecule has 3 aromatic carbocycles. The van der Waals surface area contributed by atoms with E-state index in [1.807, 2.05) is 0 Å². The second-order valence-corrected chi connectivity index (χ2v) is 10.4. The molecule has 0 amide bonds. The van der Waals surface area contributed by atoms with Crippen molar-refractivity contribution >= 4 is 30.2 Å². The van der Waals surface area contributed by atoms with Gasteiger partial charge >= 0.3 is 0 Å². The van der Waals surface area contributed by atoms with Crippen LogP contribution in [0.15, 0.2) is 96.0 Å². The van der Waals surface area contributed by atoms with Gasteiger partial charge in [-0.05, 0) is 22.1 Å². The fourth-order valence-electron chi connectivity index (χ4n) is 4.16. The van der Waals surface area contributed by atoms with Crippen molar-refractivity contribution < 1.29 is 4.74 Å². The van der Waals surface area contributed by atoms with E-state index in [0.29, 0.717) is 6.61 Å². The van der Waals surface area contributed by atoms with E-state index in [4.69, 9.17) is 4.74 Å². The number of likely N-dealkylation sites (N-methyl/N-ethyl adjacent to an activating group) is 1. The second kappa shape index (κ2) is 7.90. The highest BCUT2D eigenvalue weighted by Crippen LogP contribution is 2.19. The van der Waals surface area contributed by atoms with E-state index in [0.717, 1.165) is 6.54 Å². The summed E-state index contributed by atoms with van der Waals surface area (Å²) in [5, 5.41) is 4.10. The molecule has 1 aliphatic heterocycles. The summed E-state index contributed by atoms with van der Waals surface area (Å²) < 4.78 is 8.11. The molecule has 4 rings (SSSR count). The Morgan fingerprint density at radius 3 is 1.59 bits per heavy atom. The lowest BCUT2D eigenvalue weighted by Gasteiger charge is -2.44. The normalized spacial score (nSPS) is 16.4. The molecule has 27 heavy (non-hydrogen) atoms. The van der Waals surface area contributed by atoms with Crippen molar-refractivity contribution in [1.29, 1.82) is 0 Å². The molecule has 1 atom stereocenters. The van der Waals surface area contributed by atoms with Crippen molar-refractivity contribution in [1.82, 2.24) is 4.57 Å². The van der Waals surface area contributed by atoms with Gasteiger partial charge < -0.3 is 4.74 Å². The maximum Gasteiger partial charge on any atom is 0.226 e. The first-order valence-corrected chi connectivity index (χ1v) is 11.4. The van der Waals surface area contributed by atoms with Gasteiger partial charge in [-0.2, -0.15) is 0 Å². The highest BCUT2D eigenvalue weighted by atomic mass is 28.3. The van der Waals surface area contributed by atoms with Crippen molar-refractivity contribution in [2.24, 2.45) is 4.99 Å². The number of benzene rings is 3. The van der Waals surface area contributed by atoms with E-state index in [2.05, 4.69) is 107 Å². The summed E-state index contributed by atoms with van der Waals surface area (Å²) in [5.41, 5.74) is 0. The topological polar surface area (TPSA) is 24.8 Å². The van der Waals surface area contributed by atoms with Crippen molar-refractivity contribution in [2.45, 2.75) is 13.1 Å². The van der Waals surface area contributed by atoms with Crippen LogP contribution in [0.3, 0.4) is 0 Å². The second-order valence-electron chi connectivity index (χ2n) is 6.66. The van der Waals surface area contributed by atoms with Crippen LogP contribution >= 0.6 is 0 Å². The van der Waals surface area contributed by atoms with Gasteiger partial charge in [0.05, 0.1) is 0 Å². The zero-order valence-corrected chi connectivity index (χ0v) is 16.5. The fraction of sp³-hybridized carbons (Fsp3) is 0.174. The largest absolute Gasteiger partial charge is 0.480 e. The molecule has 0 bridgehead atoms. The Hall–Kier alpha value is -2.69. The van der Waals surface area contributed by atoms with Crippen LogP contribution in [-0.2, 0) is 4.74 Å². The summed E-state index contributed by atoms with van der Waals surface area (Å²) in [6.45, 7) is 3.73. The zero-order valence-electron chi connectivity index (χ0n) is 15.5. The number of hydrogen-bond acceptors (Lipinski definition) is 3. The van der Waals surface area contributed by atoms with Gasteiger partial charge in [-0.25, -0.2) is 4.99 Å². The molecule has 0 N–H and O–H groups in total. The number of aliphatic imine (C=N–C) groups is 1. The van der Waals surface area contributed by atoms with Crippen molar-refractivity contribution in [2.75, 3.05) is 13.2 Å². The Balaban J connectivity index is 2.04. The molecule has 0 saturated carbocycles. The molecule has 0 spiro atoms. The number of rotatable bonds is 6. The van der Waals surface area contributed by atoms with Crippen molar-refractivity contribution in [3.63, 3.8) is 0 Å². The molecule has 0 fully saturated rings. The van der Waals surface area contributed by atoms with E-state index < -0.39 is 8.24 Å². The van der Waals surface area contributed by atoms with Crippen molar-refractivity contribution in [3.05, 3.63) is 91.0 Å². The lowest BCUT2D eigenvalue weighted by molar-refractivity contribution is 0.246. The van der Waals surface area contributed by atoms with Crippen LogP contribution in [0, 0.1) is 0 Å². The third-order valence-electron chi connectivity index (χ3n) is 5.26. The zero-order chi connectivity index (χ0) is 18.5. The summed E-state index contributed by atoms with van der Waals surface area (Å²) in [4.78, 5) is 4.66. The third kappa shape index (κ3) is 3.11. The number of hydrogen-bond donors (Lipinski definition) is 0. The molecule has 0 aliphatic carbocycles. The van der Waals surface area contributed by atoms with Crippen LogP contribution in [0.4, 0.5) is 0 Å². The standard InChI is InChI=1S/C23H24N2OSi/c1-2-25(23-18-26-19-24-23)27(20-12-6-3-7-13-20,21-14-8-4-9-15-21)22-16-10-5-11-17-22/h3-17,19,23H,2,18H2,1H3. The van der Waals surface area contributed by atoms with Gasteiger partial charge in [0.2, 0.25) is 8.24 Å². The lowest BCUT2D eigenvalue weighted by atomic mass is 10.3. The molecule has 0 radical (unpaired) electrons. The summed E-state index contributed by atoms with van der Waals surface area (Å²) in [6.07, 6.45) is 1.63. The molecule has 3 aromatic rings. The average Bonchev–Trinajstić information content (AvgIpc) is 3.28. The van der Waals surface area contributed by atoms with Crippen LogP contribution < -0.4 is 15.6 Å². The third-order valence-corrected chi connectivity index (χ3v) is 10.2. The highest BCUT2D eigenvalue weighted by Gasteiger charge is 2.48. The van der Waals surface area contributed by atoms with E-state index in [1.54, 1.807) is 6.40 Å². The molecule has 4 heteroatoms. The molecule has 0 saturated heterocycles. The first kappa shape index (κ1) is 17.7. The predicted molar refractivity (Wildman–Crippen MR) is 115 cm³/mol. The van der Waals surface area contributed by atoms with Gasteiger partial charge in [0.1, 0.15) is 12.8 Å². The Kier molecular flexibility index (Phi) is 5.18. The maximum absolute atomic E-state index is 5.53. The van der Waals surface area contributed by atoms with Crippen molar-refractivity contribution in [3.8, 4) is 0 Å². The molecule has 1 unspecified atom stereocenters. The van der Waals surface area contributed by atoms with Gasteiger partial charge in [-0.3, -0.25) is 4.57 Å². The van der Waals surface area contributed by atoms with Crippen LogP contribution in [0.25, 0.3) is 0 Å². The molecular formula is C23H24N2OSi. The van der Waals surface area contributed by atoms with Crippen LogP contribution in [-0.4, -0.2) is 38.5 Å². The average molecular weight is 373 g/mol. The van der Waals surface area contributed by atoms with Gasteiger partial charge in [0, 0.05) is 0 Å². The van der Waals surface area contributed by atoms with E-state index >= 15 is 0 Å². The summed E-state index contributed by atoms with van der Waals surface area (Å²) >= 11 is 0. The Bertz CT molecular complexity index is 787. The van der Waals surface area contributed by atoms with Crippen LogP contribution in [0.2, 0.25) is 0 Å². The summed E-state index contributed by atoms with van der Waals surface area (Å²) in [5.74, 6) is 0. The monoisotopic (exact) mass is 372 g/mol. The maximum atomic E-state index is 5.53. The predicted octanol–water partition coefficient (Wildman–Crippen LogP) is 2.36. The Morgan fingerprint density at radius 1 is 0.815 bits per heavy atom.